The lowest BCUT2D eigenvalue weighted by Crippen LogP contribution is -2.57. The summed E-state index contributed by atoms with van der Waals surface area (Å²) in [6.07, 6.45) is 12.4. The van der Waals surface area contributed by atoms with Crippen LogP contribution in [0.1, 0.15) is 65.2 Å². The highest BCUT2D eigenvalue weighted by Crippen LogP contribution is 2.66. The van der Waals surface area contributed by atoms with E-state index in [1.165, 1.54) is 19.4 Å². The fourth-order valence-corrected chi connectivity index (χ4v) is 8.02. The van der Waals surface area contributed by atoms with E-state index in [1.807, 2.05) is 0 Å². The molecule has 2 heterocycles. The van der Waals surface area contributed by atoms with Crippen LogP contribution in [0.4, 0.5) is 0 Å². The van der Waals surface area contributed by atoms with E-state index in [-0.39, 0.29) is 0 Å². The van der Waals surface area contributed by atoms with Crippen molar-refractivity contribution in [1.29, 1.82) is 0 Å². The normalized spacial score (nSPS) is 56.4. The lowest BCUT2D eigenvalue weighted by molar-refractivity contribution is -0.0645. The van der Waals surface area contributed by atoms with Crippen LogP contribution in [0.3, 0.4) is 0 Å². The zero-order valence-electron chi connectivity index (χ0n) is 13.4. The maximum Gasteiger partial charge on any atom is 0.0187 e. The van der Waals surface area contributed by atoms with Crippen LogP contribution in [0.25, 0.3) is 0 Å². The van der Waals surface area contributed by atoms with Gasteiger partial charge in [0.05, 0.1) is 0 Å². The Balaban J connectivity index is 1.61. The SMILES string of the molecule is CC1(C)C2CCC3C4CCCCC4C4CCCN1C4C32. The fraction of sp³-hybridized carbons (Fsp3) is 1.00. The molecule has 3 saturated carbocycles. The van der Waals surface area contributed by atoms with Crippen molar-refractivity contribution in [2.24, 2.45) is 35.5 Å². The zero-order valence-corrected chi connectivity index (χ0v) is 13.4. The molecule has 2 aliphatic heterocycles. The van der Waals surface area contributed by atoms with Crippen LogP contribution < -0.4 is 0 Å². The van der Waals surface area contributed by atoms with E-state index >= 15 is 0 Å². The summed E-state index contributed by atoms with van der Waals surface area (Å²) in [5.74, 6) is 6.57. The lowest BCUT2D eigenvalue weighted by Gasteiger charge is -2.55. The van der Waals surface area contributed by atoms with Gasteiger partial charge >= 0.3 is 0 Å². The van der Waals surface area contributed by atoms with Crippen molar-refractivity contribution in [3.8, 4) is 0 Å². The molecule has 0 amide bonds. The second kappa shape index (κ2) is 4.03. The highest BCUT2D eigenvalue weighted by molar-refractivity contribution is 5.17. The molecule has 0 aromatic rings. The van der Waals surface area contributed by atoms with Crippen LogP contribution in [-0.4, -0.2) is 23.0 Å². The molecule has 1 heteroatoms. The van der Waals surface area contributed by atoms with Crippen molar-refractivity contribution >= 4 is 0 Å². The Morgan fingerprint density at radius 3 is 2.25 bits per heavy atom. The molecule has 0 spiro atoms. The summed E-state index contributed by atoms with van der Waals surface area (Å²) in [5, 5.41) is 0. The maximum absolute atomic E-state index is 3.01. The molecule has 0 radical (unpaired) electrons. The topological polar surface area (TPSA) is 3.24 Å². The summed E-state index contributed by atoms with van der Waals surface area (Å²) in [5.41, 5.74) is 0.510. The van der Waals surface area contributed by atoms with Crippen LogP contribution in [-0.2, 0) is 0 Å². The third kappa shape index (κ3) is 1.35. The van der Waals surface area contributed by atoms with E-state index in [0.717, 1.165) is 41.5 Å². The molecule has 20 heavy (non-hydrogen) atoms. The van der Waals surface area contributed by atoms with Gasteiger partial charge in [0, 0.05) is 11.6 Å². The highest BCUT2D eigenvalue weighted by Gasteiger charge is 2.65. The van der Waals surface area contributed by atoms with Gasteiger partial charge in [-0.15, -0.1) is 0 Å². The number of hydrogen-bond acceptors (Lipinski definition) is 1. The minimum atomic E-state index is 0.510. The molecule has 1 nitrogen and oxygen atoms in total. The maximum atomic E-state index is 3.01. The average molecular weight is 273 g/mol. The number of fused-ring (bicyclic) bond motifs is 3. The van der Waals surface area contributed by atoms with Gasteiger partial charge in [-0.25, -0.2) is 0 Å². The van der Waals surface area contributed by atoms with E-state index in [1.54, 1.807) is 38.5 Å². The molecule has 0 aromatic heterocycles. The van der Waals surface area contributed by atoms with Crippen molar-refractivity contribution < 1.29 is 0 Å². The summed E-state index contributed by atoms with van der Waals surface area (Å²) >= 11 is 0. The average Bonchev–Trinajstić information content (AvgIpc) is 3.00. The first-order chi connectivity index (χ1) is 9.69. The molecule has 7 unspecified atom stereocenters. The van der Waals surface area contributed by atoms with Gasteiger partial charge in [0.15, 0.2) is 0 Å². The van der Waals surface area contributed by atoms with Gasteiger partial charge in [0.2, 0.25) is 0 Å². The molecule has 0 aromatic carbocycles. The number of nitrogens with zero attached hydrogens (tertiary/aromatic N) is 1. The van der Waals surface area contributed by atoms with Crippen LogP contribution in [0.2, 0.25) is 0 Å². The van der Waals surface area contributed by atoms with Crippen LogP contribution in [0, 0.1) is 35.5 Å². The Morgan fingerprint density at radius 1 is 0.750 bits per heavy atom. The molecule has 112 valence electrons. The van der Waals surface area contributed by atoms with Crippen LogP contribution in [0.5, 0.6) is 0 Å². The van der Waals surface area contributed by atoms with E-state index in [9.17, 15) is 0 Å². The van der Waals surface area contributed by atoms with Gasteiger partial charge in [-0.2, -0.15) is 0 Å². The molecule has 7 atom stereocenters. The Hall–Kier alpha value is -0.0400. The van der Waals surface area contributed by atoms with Crippen LogP contribution >= 0.6 is 0 Å². The summed E-state index contributed by atoms with van der Waals surface area (Å²) in [4.78, 5) is 3.01. The molecule has 3 aliphatic carbocycles. The first kappa shape index (κ1) is 12.5. The lowest BCUT2D eigenvalue weighted by atomic mass is 9.54. The quantitative estimate of drug-likeness (QED) is 0.635. The molecule has 2 saturated heterocycles. The summed E-state index contributed by atoms with van der Waals surface area (Å²) < 4.78 is 0. The minimum absolute atomic E-state index is 0.510. The second-order valence-electron chi connectivity index (χ2n) is 9.18. The standard InChI is InChI=1S/C19H31N/c1-19(2)16-10-9-14-12-6-3-4-7-13(12)15-8-5-11-20(19)18(15)17(14)16/h12-18H,3-11H2,1-2H3. The third-order valence-corrected chi connectivity index (χ3v) is 8.52. The van der Waals surface area contributed by atoms with Gasteiger partial charge < -0.3 is 0 Å². The molecular weight excluding hydrogens is 242 g/mol. The Kier molecular flexibility index (Phi) is 2.52. The third-order valence-electron chi connectivity index (χ3n) is 8.52. The van der Waals surface area contributed by atoms with Crippen molar-refractivity contribution in [1.82, 2.24) is 4.90 Å². The van der Waals surface area contributed by atoms with Crippen LogP contribution in [0.15, 0.2) is 0 Å². The summed E-state index contributed by atoms with van der Waals surface area (Å²) in [6.45, 7) is 6.58. The zero-order chi connectivity index (χ0) is 13.5. The first-order valence-electron chi connectivity index (χ1n) is 9.46. The van der Waals surface area contributed by atoms with Gasteiger partial charge in [0.1, 0.15) is 0 Å². The molecule has 5 aliphatic rings. The summed E-state index contributed by atoms with van der Waals surface area (Å²) in [6, 6.07) is 0.996. The predicted octanol–water partition coefficient (Wildman–Crippen LogP) is 4.32. The second-order valence-corrected chi connectivity index (χ2v) is 9.18. The number of rotatable bonds is 0. The van der Waals surface area contributed by atoms with Gasteiger partial charge in [-0.3, -0.25) is 4.90 Å². The predicted molar refractivity (Wildman–Crippen MR) is 82.4 cm³/mol. The van der Waals surface area contributed by atoms with E-state index in [4.69, 9.17) is 0 Å². The smallest absolute Gasteiger partial charge is 0.0187 e. The molecule has 0 N–H and O–H groups in total. The monoisotopic (exact) mass is 273 g/mol. The van der Waals surface area contributed by atoms with Gasteiger partial charge in [-0.1, -0.05) is 12.8 Å². The largest absolute Gasteiger partial charge is 0.294 e. The highest BCUT2D eigenvalue weighted by atomic mass is 15.3. The minimum Gasteiger partial charge on any atom is -0.294 e. The van der Waals surface area contributed by atoms with Crippen molar-refractivity contribution in [3.63, 3.8) is 0 Å². The van der Waals surface area contributed by atoms with E-state index in [2.05, 4.69) is 18.7 Å². The first-order valence-corrected chi connectivity index (χ1v) is 9.46. The Labute approximate surface area is 124 Å². The van der Waals surface area contributed by atoms with Gasteiger partial charge in [0.25, 0.3) is 0 Å². The molecule has 5 fully saturated rings. The number of hydrogen-bond donors (Lipinski definition) is 0. The molecule has 5 rings (SSSR count). The van der Waals surface area contributed by atoms with Crippen molar-refractivity contribution in [3.05, 3.63) is 0 Å². The number of piperidine rings is 1. The van der Waals surface area contributed by atoms with E-state index in [0.29, 0.717) is 5.54 Å². The molecule has 0 bridgehead atoms. The van der Waals surface area contributed by atoms with Gasteiger partial charge in [-0.05, 0) is 94.4 Å². The molecular formula is C19H31N. The van der Waals surface area contributed by atoms with Crippen molar-refractivity contribution in [2.45, 2.75) is 76.8 Å². The van der Waals surface area contributed by atoms with E-state index < -0.39 is 0 Å². The van der Waals surface area contributed by atoms with Crippen molar-refractivity contribution in [2.75, 3.05) is 6.54 Å². The fourth-order valence-electron chi connectivity index (χ4n) is 8.02. The summed E-state index contributed by atoms with van der Waals surface area (Å²) in [7, 11) is 0. The Bertz CT molecular complexity index is 414. The Morgan fingerprint density at radius 2 is 1.45 bits per heavy atom.